The molecule has 2 aromatic rings. The molecule has 1 aromatic carbocycles. The van der Waals surface area contributed by atoms with Gasteiger partial charge >= 0.3 is 0 Å². The van der Waals surface area contributed by atoms with Crippen LogP contribution in [0.3, 0.4) is 0 Å². The molecule has 3 nitrogen and oxygen atoms in total. The van der Waals surface area contributed by atoms with E-state index in [1.807, 2.05) is 0 Å². The van der Waals surface area contributed by atoms with Gasteiger partial charge in [-0.25, -0.2) is 0 Å². The minimum absolute atomic E-state index is 0.453. The first-order valence-electron chi connectivity index (χ1n) is 5.24. The van der Waals surface area contributed by atoms with Crippen molar-refractivity contribution in [2.75, 3.05) is 7.11 Å². The van der Waals surface area contributed by atoms with Crippen LogP contribution in [0.5, 0.6) is 5.75 Å². The summed E-state index contributed by atoms with van der Waals surface area (Å²) in [4.78, 5) is 3.99. The molecule has 0 bridgehead atoms. The highest BCUT2D eigenvalue weighted by molar-refractivity contribution is 6.33. The molecule has 0 aliphatic rings. The summed E-state index contributed by atoms with van der Waals surface area (Å²) in [7, 11) is 1.54. The Labute approximate surface area is 115 Å². The minimum Gasteiger partial charge on any atom is -0.495 e. The lowest BCUT2D eigenvalue weighted by Crippen LogP contribution is -2.01. The molecule has 2 rings (SSSR count). The normalized spacial score (nSPS) is 12.2. The van der Waals surface area contributed by atoms with Crippen molar-refractivity contribution in [2.24, 2.45) is 0 Å². The van der Waals surface area contributed by atoms with Crippen LogP contribution in [0.25, 0.3) is 0 Å². The zero-order chi connectivity index (χ0) is 13.1. The molecule has 0 radical (unpaired) electrons. The monoisotopic (exact) mass is 283 g/mol. The van der Waals surface area contributed by atoms with Gasteiger partial charge in [-0.1, -0.05) is 23.2 Å². The highest BCUT2D eigenvalue weighted by Gasteiger charge is 2.15. The molecular weight excluding hydrogens is 273 g/mol. The van der Waals surface area contributed by atoms with Crippen LogP contribution in [0.15, 0.2) is 36.7 Å². The Bertz CT molecular complexity index is 560. The summed E-state index contributed by atoms with van der Waals surface area (Å²) in [5, 5.41) is 11.2. The first-order valence-corrected chi connectivity index (χ1v) is 5.99. The molecule has 1 aromatic heterocycles. The van der Waals surface area contributed by atoms with Gasteiger partial charge in [0.15, 0.2) is 0 Å². The van der Waals surface area contributed by atoms with E-state index in [9.17, 15) is 5.11 Å². The van der Waals surface area contributed by atoms with E-state index in [0.717, 1.165) is 0 Å². The molecule has 1 heterocycles. The van der Waals surface area contributed by atoms with Gasteiger partial charge in [-0.05, 0) is 24.3 Å². The third kappa shape index (κ3) is 2.75. The highest BCUT2D eigenvalue weighted by Crippen LogP contribution is 2.31. The molecule has 0 saturated heterocycles. The van der Waals surface area contributed by atoms with Crippen molar-refractivity contribution in [3.8, 4) is 5.75 Å². The molecule has 1 unspecified atom stereocenters. The lowest BCUT2D eigenvalue weighted by atomic mass is 10.0. The SMILES string of the molecule is COc1cncc(C(O)c2cc(Cl)ccc2Cl)c1. The van der Waals surface area contributed by atoms with E-state index in [0.29, 0.717) is 26.9 Å². The van der Waals surface area contributed by atoms with Gasteiger partial charge < -0.3 is 9.84 Å². The fraction of sp³-hybridized carbons (Fsp3) is 0.154. The number of aliphatic hydroxyl groups is 1. The van der Waals surface area contributed by atoms with Crippen molar-refractivity contribution in [2.45, 2.75) is 6.10 Å². The van der Waals surface area contributed by atoms with Crippen LogP contribution < -0.4 is 4.74 Å². The highest BCUT2D eigenvalue weighted by atomic mass is 35.5. The maximum atomic E-state index is 10.3. The lowest BCUT2D eigenvalue weighted by Gasteiger charge is -2.13. The van der Waals surface area contributed by atoms with Crippen LogP contribution in [-0.2, 0) is 0 Å². The molecule has 1 N–H and O–H groups in total. The van der Waals surface area contributed by atoms with Crippen molar-refractivity contribution in [3.63, 3.8) is 0 Å². The predicted octanol–water partition coefficient (Wildman–Crippen LogP) is 3.48. The largest absolute Gasteiger partial charge is 0.495 e. The molecule has 0 spiro atoms. The van der Waals surface area contributed by atoms with Gasteiger partial charge in [0, 0.05) is 27.4 Å². The van der Waals surface area contributed by atoms with Crippen molar-refractivity contribution >= 4 is 23.2 Å². The van der Waals surface area contributed by atoms with E-state index < -0.39 is 6.10 Å². The number of halogens is 2. The average Bonchev–Trinajstić information content (AvgIpc) is 2.41. The summed E-state index contributed by atoms with van der Waals surface area (Å²) < 4.78 is 5.06. The topological polar surface area (TPSA) is 42.4 Å². The summed E-state index contributed by atoms with van der Waals surface area (Å²) >= 11 is 11.9. The van der Waals surface area contributed by atoms with E-state index in [4.69, 9.17) is 27.9 Å². The predicted molar refractivity (Wildman–Crippen MR) is 71.3 cm³/mol. The number of nitrogens with zero attached hydrogens (tertiary/aromatic N) is 1. The summed E-state index contributed by atoms with van der Waals surface area (Å²) in [6, 6.07) is 6.66. The first-order chi connectivity index (χ1) is 8.61. The Morgan fingerprint density at radius 3 is 2.72 bits per heavy atom. The fourth-order valence-electron chi connectivity index (χ4n) is 1.60. The molecule has 0 amide bonds. The summed E-state index contributed by atoms with van der Waals surface area (Å²) in [5.41, 5.74) is 1.14. The number of pyridine rings is 1. The number of hydrogen-bond acceptors (Lipinski definition) is 3. The van der Waals surface area contributed by atoms with E-state index in [-0.39, 0.29) is 0 Å². The van der Waals surface area contributed by atoms with Crippen LogP contribution in [0.2, 0.25) is 10.0 Å². The van der Waals surface area contributed by atoms with Gasteiger partial charge in [0.25, 0.3) is 0 Å². The van der Waals surface area contributed by atoms with Crippen LogP contribution in [-0.4, -0.2) is 17.2 Å². The first kappa shape index (κ1) is 13.1. The summed E-state index contributed by atoms with van der Waals surface area (Å²) in [5.74, 6) is 0.574. The standard InChI is InChI=1S/C13H11Cl2NO2/c1-18-10-4-8(6-16-7-10)13(17)11-5-9(14)2-3-12(11)15/h2-7,13,17H,1H3. The Morgan fingerprint density at radius 1 is 1.22 bits per heavy atom. The van der Waals surface area contributed by atoms with Gasteiger partial charge in [0.1, 0.15) is 11.9 Å². The van der Waals surface area contributed by atoms with Gasteiger partial charge in [0.2, 0.25) is 0 Å². The van der Waals surface area contributed by atoms with Crippen LogP contribution in [0, 0.1) is 0 Å². The maximum Gasteiger partial charge on any atom is 0.137 e. The minimum atomic E-state index is -0.890. The van der Waals surface area contributed by atoms with Crippen molar-refractivity contribution in [3.05, 3.63) is 57.8 Å². The van der Waals surface area contributed by atoms with Crippen LogP contribution >= 0.6 is 23.2 Å². The number of hydrogen-bond donors (Lipinski definition) is 1. The number of aromatic nitrogens is 1. The fourth-order valence-corrected chi connectivity index (χ4v) is 2.00. The van der Waals surface area contributed by atoms with E-state index in [2.05, 4.69) is 4.98 Å². The lowest BCUT2D eigenvalue weighted by molar-refractivity contribution is 0.219. The molecular formula is C13H11Cl2NO2. The molecule has 0 saturated carbocycles. The number of benzene rings is 1. The third-order valence-electron chi connectivity index (χ3n) is 2.54. The second-order valence-corrected chi connectivity index (χ2v) is 4.57. The smallest absolute Gasteiger partial charge is 0.137 e. The van der Waals surface area contributed by atoms with E-state index >= 15 is 0 Å². The van der Waals surface area contributed by atoms with Crippen molar-refractivity contribution in [1.82, 2.24) is 4.98 Å². The molecule has 18 heavy (non-hydrogen) atoms. The average molecular weight is 284 g/mol. The molecule has 0 fully saturated rings. The Morgan fingerprint density at radius 2 is 2.00 bits per heavy atom. The number of aliphatic hydroxyl groups excluding tert-OH is 1. The maximum absolute atomic E-state index is 10.3. The molecule has 94 valence electrons. The summed E-state index contributed by atoms with van der Waals surface area (Å²) in [6.07, 6.45) is 2.24. The van der Waals surface area contributed by atoms with Gasteiger partial charge in [0.05, 0.1) is 13.3 Å². The Kier molecular flexibility index (Phi) is 4.07. The second kappa shape index (κ2) is 5.57. The van der Waals surface area contributed by atoms with Gasteiger partial charge in [-0.3, -0.25) is 4.98 Å². The molecule has 1 atom stereocenters. The zero-order valence-corrected chi connectivity index (χ0v) is 11.1. The van der Waals surface area contributed by atoms with E-state index in [1.54, 1.807) is 43.8 Å². The zero-order valence-electron chi connectivity index (χ0n) is 9.60. The van der Waals surface area contributed by atoms with Gasteiger partial charge in [-0.2, -0.15) is 0 Å². The van der Waals surface area contributed by atoms with Crippen molar-refractivity contribution < 1.29 is 9.84 Å². The second-order valence-electron chi connectivity index (χ2n) is 3.73. The quantitative estimate of drug-likeness (QED) is 0.938. The van der Waals surface area contributed by atoms with Gasteiger partial charge in [-0.15, -0.1) is 0 Å². The Balaban J connectivity index is 2.40. The van der Waals surface area contributed by atoms with E-state index in [1.165, 1.54) is 0 Å². The van der Waals surface area contributed by atoms with Crippen molar-refractivity contribution in [1.29, 1.82) is 0 Å². The van der Waals surface area contributed by atoms with Crippen LogP contribution in [0.1, 0.15) is 17.2 Å². The number of ether oxygens (including phenoxy) is 1. The summed E-state index contributed by atoms with van der Waals surface area (Å²) in [6.45, 7) is 0. The molecule has 5 heteroatoms. The van der Waals surface area contributed by atoms with Crippen LogP contribution in [0.4, 0.5) is 0 Å². The number of methoxy groups -OCH3 is 1. The molecule has 0 aliphatic heterocycles. The third-order valence-corrected chi connectivity index (χ3v) is 3.12. The Hall–Kier alpha value is -1.29. The number of rotatable bonds is 3. The molecule has 0 aliphatic carbocycles.